The Kier molecular flexibility index (Phi) is 11.7. The summed E-state index contributed by atoms with van der Waals surface area (Å²) in [6, 6.07) is 20.8. The molecule has 2 fully saturated rings. The van der Waals surface area contributed by atoms with Crippen molar-refractivity contribution in [3.05, 3.63) is 117 Å². The van der Waals surface area contributed by atoms with E-state index in [2.05, 4.69) is 66.2 Å². The fourth-order valence-corrected chi connectivity index (χ4v) is 9.91. The van der Waals surface area contributed by atoms with Crippen molar-refractivity contribution in [2.75, 3.05) is 69.2 Å². The number of morpholine rings is 1. The molecule has 0 spiro atoms. The molecule has 2 aliphatic heterocycles. The lowest BCUT2D eigenvalue weighted by Gasteiger charge is -2.39. The maximum atomic E-state index is 14.2. The van der Waals surface area contributed by atoms with Crippen LogP contribution in [0.25, 0.3) is 33.3 Å². The van der Waals surface area contributed by atoms with Gasteiger partial charge in [-0.2, -0.15) is 0 Å². The summed E-state index contributed by atoms with van der Waals surface area (Å²) < 4.78 is 37.2. The molecule has 3 aromatic heterocycles. The van der Waals surface area contributed by atoms with Crippen LogP contribution in [0.3, 0.4) is 0 Å². The summed E-state index contributed by atoms with van der Waals surface area (Å²) in [5.74, 6) is -0.909. The number of piperazine rings is 1. The number of aromatic amines is 1. The molecule has 16 nitrogen and oxygen atoms in total. The summed E-state index contributed by atoms with van der Waals surface area (Å²) in [4.78, 5) is 39.0. The van der Waals surface area contributed by atoms with E-state index in [0.717, 1.165) is 80.7 Å². The minimum Gasteiger partial charge on any atom is -0.377 e. The number of halogens is 1. The molecule has 1 aliphatic carbocycles. The third-order valence-electron chi connectivity index (χ3n) is 12.3. The number of nitro groups is 1. The number of ether oxygens (including phenoxy) is 1. The van der Waals surface area contributed by atoms with Crippen molar-refractivity contribution in [3.63, 3.8) is 0 Å². The monoisotopic (exact) mass is 892 g/mol. The number of nitrogens with one attached hydrogen (secondary N) is 4. The zero-order valence-electron chi connectivity index (χ0n) is 35.1. The first-order chi connectivity index (χ1) is 30.3. The van der Waals surface area contributed by atoms with Crippen LogP contribution >= 0.6 is 11.6 Å². The Labute approximate surface area is 369 Å². The summed E-state index contributed by atoms with van der Waals surface area (Å²) >= 11 is 6.25. The van der Waals surface area contributed by atoms with Gasteiger partial charge >= 0.3 is 0 Å². The van der Waals surface area contributed by atoms with Crippen molar-refractivity contribution in [2.45, 2.75) is 44.1 Å². The lowest BCUT2D eigenvalue weighted by atomic mass is 9.72. The van der Waals surface area contributed by atoms with Gasteiger partial charge in [-0.05, 0) is 90.4 Å². The number of benzene rings is 3. The minimum absolute atomic E-state index is 0.0613. The SMILES string of the molecule is CC1(C)CCC(CN2CCN(c3ccc(C(=O)NS(=O)(=O)c4ccc(NC[C@@H]5CNCCO5)c([N+](=O)[O-])c4)c(-n4[nH]cc5nc6nccc6cc54)c3)CC2)=C(c2ccc(Cl)cc2)C1. The van der Waals surface area contributed by atoms with E-state index in [0.29, 0.717) is 35.5 Å². The molecule has 18 heteroatoms. The highest BCUT2D eigenvalue weighted by molar-refractivity contribution is 7.90. The van der Waals surface area contributed by atoms with E-state index in [1.54, 1.807) is 23.1 Å². The molecule has 5 heterocycles. The fourth-order valence-electron chi connectivity index (χ4n) is 8.80. The van der Waals surface area contributed by atoms with Crippen LogP contribution < -0.4 is 20.3 Å². The predicted molar refractivity (Wildman–Crippen MR) is 244 cm³/mol. The van der Waals surface area contributed by atoms with Crippen molar-refractivity contribution in [1.29, 1.82) is 0 Å². The summed E-state index contributed by atoms with van der Waals surface area (Å²) in [6.45, 7) is 10.8. The number of allylic oxidation sites excluding steroid dienone is 1. The van der Waals surface area contributed by atoms with Gasteiger partial charge in [0, 0.05) is 86.9 Å². The molecular weight excluding hydrogens is 844 g/mol. The van der Waals surface area contributed by atoms with Crippen LogP contribution in [0.2, 0.25) is 5.02 Å². The molecule has 328 valence electrons. The quantitative estimate of drug-likeness (QED) is 0.0746. The number of rotatable bonds is 12. The smallest absolute Gasteiger partial charge is 0.293 e. The highest BCUT2D eigenvalue weighted by Crippen LogP contribution is 2.43. The van der Waals surface area contributed by atoms with E-state index in [1.165, 1.54) is 28.8 Å². The molecule has 1 amide bonds. The van der Waals surface area contributed by atoms with E-state index in [1.807, 2.05) is 36.4 Å². The molecule has 3 aliphatic rings. The molecular formula is C45H49ClN10O6S. The number of fused-ring (bicyclic) bond motifs is 2. The first-order valence-corrected chi connectivity index (χ1v) is 23.0. The number of sulfonamides is 1. The van der Waals surface area contributed by atoms with Crippen molar-refractivity contribution in [3.8, 4) is 5.69 Å². The number of carbonyl (C=O) groups is 1. The Bertz CT molecular complexity index is 2840. The Balaban J connectivity index is 0.976. The van der Waals surface area contributed by atoms with Gasteiger partial charge < -0.3 is 20.3 Å². The molecule has 6 aromatic rings. The number of anilines is 2. The highest BCUT2D eigenvalue weighted by atomic mass is 35.5. The topological polar surface area (TPSA) is 193 Å². The zero-order chi connectivity index (χ0) is 43.9. The Hall–Kier alpha value is -5.85. The van der Waals surface area contributed by atoms with Gasteiger partial charge in [0.1, 0.15) is 11.2 Å². The van der Waals surface area contributed by atoms with Crippen LogP contribution in [0.1, 0.15) is 49.0 Å². The predicted octanol–water partition coefficient (Wildman–Crippen LogP) is 6.77. The number of nitro benzene ring substituents is 1. The van der Waals surface area contributed by atoms with Crippen LogP contribution in [0, 0.1) is 15.5 Å². The largest absolute Gasteiger partial charge is 0.377 e. The molecule has 63 heavy (non-hydrogen) atoms. The molecule has 4 N–H and O–H groups in total. The van der Waals surface area contributed by atoms with E-state index >= 15 is 0 Å². The van der Waals surface area contributed by atoms with Crippen LogP contribution in [-0.2, 0) is 14.8 Å². The van der Waals surface area contributed by atoms with Crippen molar-refractivity contribution in [2.24, 2.45) is 5.41 Å². The normalized spacial score (nSPS) is 18.5. The molecule has 0 saturated carbocycles. The van der Waals surface area contributed by atoms with Gasteiger partial charge in [0.25, 0.3) is 21.6 Å². The van der Waals surface area contributed by atoms with E-state index in [4.69, 9.17) is 16.3 Å². The van der Waals surface area contributed by atoms with E-state index < -0.39 is 31.4 Å². The molecule has 3 aromatic carbocycles. The van der Waals surface area contributed by atoms with Crippen LogP contribution in [0.15, 0.2) is 95.7 Å². The summed E-state index contributed by atoms with van der Waals surface area (Å²) in [5.41, 5.74) is 7.17. The van der Waals surface area contributed by atoms with Crippen LogP contribution in [0.5, 0.6) is 0 Å². The number of carbonyl (C=O) groups excluding carboxylic acids is 1. The average Bonchev–Trinajstić information content (AvgIpc) is 3.92. The third-order valence-corrected chi connectivity index (χ3v) is 13.9. The Morgan fingerprint density at radius 2 is 1.86 bits per heavy atom. The Morgan fingerprint density at radius 1 is 1.05 bits per heavy atom. The number of hydrogen-bond donors (Lipinski definition) is 4. The number of nitrogens with zero attached hydrogens (tertiary/aromatic N) is 6. The Morgan fingerprint density at radius 3 is 2.62 bits per heavy atom. The summed E-state index contributed by atoms with van der Waals surface area (Å²) in [5, 5.41) is 23.1. The molecule has 1 atom stereocenters. The fraction of sp³-hybridized carbons (Fsp3) is 0.356. The molecule has 0 bridgehead atoms. The van der Waals surface area contributed by atoms with E-state index in [9.17, 15) is 23.3 Å². The molecule has 0 radical (unpaired) electrons. The number of aromatic nitrogens is 4. The van der Waals surface area contributed by atoms with Gasteiger partial charge in [-0.1, -0.05) is 43.2 Å². The van der Waals surface area contributed by atoms with Crippen LogP contribution in [-0.4, -0.2) is 109 Å². The van der Waals surface area contributed by atoms with Crippen molar-refractivity contribution >= 4 is 72.2 Å². The standard InChI is InChI=1S/C45H49ClN10O6S/c1-45(2)13-11-31(37(24-45)29-3-5-32(46)6-4-29)28-53-16-18-54(19-17-53)33-7-9-36(40(22-33)55-41-21-30-12-14-48-43(30)51-39(41)27-50-55)44(57)52-63(60,61)35-8-10-38(42(23-35)56(58)59)49-26-34-25-47-15-20-62-34/h3-10,12,14,21-23,27,34,47,49-50H,11,13,15-20,24-26,28H2,1-2H3,(H,52,57)/t34-/m0/s1. The van der Waals surface area contributed by atoms with Gasteiger partial charge in [0.15, 0.2) is 5.65 Å². The number of pyridine rings is 1. The van der Waals surface area contributed by atoms with Crippen molar-refractivity contribution < 1.29 is 22.9 Å². The van der Waals surface area contributed by atoms with E-state index in [-0.39, 0.29) is 29.3 Å². The number of H-pyrrole nitrogens is 1. The summed E-state index contributed by atoms with van der Waals surface area (Å²) in [6.07, 6.45) is 6.37. The minimum atomic E-state index is -4.58. The second-order valence-corrected chi connectivity index (χ2v) is 19.3. The van der Waals surface area contributed by atoms with Crippen molar-refractivity contribution in [1.82, 2.24) is 34.7 Å². The van der Waals surface area contributed by atoms with Gasteiger partial charge in [0.2, 0.25) is 0 Å². The summed E-state index contributed by atoms with van der Waals surface area (Å²) in [7, 11) is -4.58. The first-order valence-electron chi connectivity index (χ1n) is 21.1. The van der Waals surface area contributed by atoms with Gasteiger partial charge in [-0.25, -0.2) is 23.1 Å². The third kappa shape index (κ3) is 9.15. The second kappa shape index (κ2) is 17.4. The maximum absolute atomic E-state index is 14.2. The van der Waals surface area contributed by atoms with Gasteiger partial charge in [-0.15, -0.1) is 0 Å². The highest BCUT2D eigenvalue weighted by Gasteiger charge is 2.31. The average molecular weight is 893 g/mol. The number of amides is 1. The first kappa shape index (κ1) is 42.5. The lowest BCUT2D eigenvalue weighted by Crippen LogP contribution is -2.47. The number of hydrogen-bond acceptors (Lipinski definition) is 12. The van der Waals surface area contributed by atoms with Gasteiger partial charge in [0.05, 0.1) is 39.3 Å². The van der Waals surface area contributed by atoms with Crippen LogP contribution in [0.4, 0.5) is 17.1 Å². The molecule has 2 saturated heterocycles. The zero-order valence-corrected chi connectivity index (χ0v) is 36.6. The maximum Gasteiger partial charge on any atom is 0.293 e. The second-order valence-electron chi connectivity index (χ2n) is 17.2. The lowest BCUT2D eigenvalue weighted by molar-refractivity contribution is -0.384. The van der Waals surface area contributed by atoms with Gasteiger partial charge in [-0.3, -0.25) is 29.6 Å². The molecule has 0 unspecified atom stereocenters. The molecule has 9 rings (SSSR count).